The molecule has 0 saturated carbocycles. The van der Waals surface area contributed by atoms with Crippen LogP contribution in [0, 0.1) is 5.82 Å². The molecule has 0 aliphatic carbocycles. The van der Waals surface area contributed by atoms with E-state index < -0.39 is 11.9 Å². The van der Waals surface area contributed by atoms with Gasteiger partial charge in [0.05, 0.1) is 5.69 Å². The zero-order valence-corrected chi connectivity index (χ0v) is 19.4. The fourth-order valence-corrected chi connectivity index (χ4v) is 4.27. The van der Waals surface area contributed by atoms with Gasteiger partial charge in [-0.05, 0) is 37.1 Å². The molecule has 4 rings (SSSR count). The summed E-state index contributed by atoms with van der Waals surface area (Å²) in [6.07, 6.45) is 1.97. The van der Waals surface area contributed by atoms with Crippen molar-refractivity contribution in [3.05, 3.63) is 60.4 Å². The highest BCUT2D eigenvalue weighted by molar-refractivity contribution is 6.27. The van der Waals surface area contributed by atoms with Crippen LogP contribution >= 0.6 is 0 Å². The normalized spacial score (nSPS) is 16.7. The monoisotopic (exact) mass is 487 g/mol. The number of piperazine rings is 1. The highest BCUT2D eigenvalue weighted by Crippen LogP contribution is 2.23. The second kappa shape index (κ2) is 12.7. The highest BCUT2D eigenvalue weighted by atomic mass is 19.1. The molecular weight excluding hydrogens is 457 g/mol. The number of likely N-dealkylation sites (tertiary alicyclic amines) is 1. The Bertz CT molecular complexity index is 978. The number of carbonyl (C=O) groups excluding carboxylic acids is 1. The lowest BCUT2D eigenvalue weighted by molar-refractivity contribution is -0.159. The van der Waals surface area contributed by atoms with Crippen LogP contribution in [0.25, 0.3) is 0 Å². The zero-order valence-electron chi connectivity index (χ0n) is 19.4. The van der Waals surface area contributed by atoms with Gasteiger partial charge in [0, 0.05) is 45.3 Å². The van der Waals surface area contributed by atoms with Crippen molar-refractivity contribution >= 4 is 23.5 Å². The largest absolute Gasteiger partial charge is 0.484 e. The highest BCUT2D eigenvalue weighted by Gasteiger charge is 2.29. The van der Waals surface area contributed by atoms with Crippen LogP contribution in [0.15, 0.2) is 54.6 Å². The summed E-state index contributed by atoms with van der Waals surface area (Å²) in [5, 5.41) is 14.8. The Balaban J connectivity index is 0.000000509. The van der Waals surface area contributed by atoms with E-state index in [1.165, 1.54) is 6.07 Å². The summed E-state index contributed by atoms with van der Waals surface area (Å²) >= 11 is 0. The van der Waals surface area contributed by atoms with Crippen molar-refractivity contribution in [2.24, 2.45) is 0 Å². The lowest BCUT2D eigenvalue weighted by Gasteiger charge is -2.43. The molecule has 2 N–H and O–H groups in total. The van der Waals surface area contributed by atoms with E-state index in [2.05, 4.69) is 9.80 Å². The molecule has 2 heterocycles. The summed E-state index contributed by atoms with van der Waals surface area (Å²) in [6, 6.07) is 16.9. The summed E-state index contributed by atoms with van der Waals surface area (Å²) in [5.74, 6) is -3.02. The molecule has 2 saturated heterocycles. The average molecular weight is 488 g/mol. The maximum atomic E-state index is 14.0. The molecule has 2 aliphatic rings. The van der Waals surface area contributed by atoms with Gasteiger partial charge in [-0.2, -0.15) is 0 Å². The second-order valence-corrected chi connectivity index (χ2v) is 8.30. The van der Waals surface area contributed by atoms with Crippen LogP contribution in [0.5, 0.6) is 5.75 Å². The van der Waals surface area contributed by atoms with Gasteiger partial charge in [-0.1, -0.05) is 30.3 Å². The number of benzene rings is 2. The van der Waals surface area contributed by atoms with E-state index in [-0.39, 0.29) is 18.3 Å². The van der Waals surface area contributed by atoms with Crippen molar-refractivity contribution in [2.45, 2.75) is 18.9 Å². The molecule has 1 amide bonds. The molecule has 0 unspecified atom stereocenters. The minimum absolute atomic E-state index is 0.0525. The minimum Gasteiger partial charge on any atom is -0.484 e. The minimum atomic E-state index is -1.82. The van der Waals surface area contributed by atoms with Crippen LogP contribution in [-0.4, -0.2) is 89.8 Å². The number of piperidine rings is 1. The van der Waals surface area contributed by atoms with Crippen LogP contribution < -0.4 is 9.64 Å². The number of carboxylic acid groups (broad SMARTS) is 2. The van der Waals surface area contributed by atoms with Gasteiger partial charge in [-0.3, -0.25) is 9.69 Å². The van der Waals surface area contributed by atoms with Gasteiger partial charge >= 0.3 is 11.9 Å². The number of nitrogens with zero attached hydrogens (tertiary/aromatic N) is 3. The third-order valence-electron chi connectivity index (χ3n) is 6.13. The first-order chi connectivity index (χ1) is 16.8. The number of carboxylic acids is 2. The van der Waals surface area contributed by atoms with Gasteiger partial charge in [-0.25, -0.2) is 14.0 Å². The van der Waals surface area contributed by atoms with Crippen molar-refractivity contribution < 1.29 is 33.7 Å². The Labute approximate surface area is 203 Å². The fraction of sp³-hybridized carbons (Fsp3) is 0.400. The molecule has 10 heteroatoms. The van der Waals surface area contributed by atoms with Crippen LogP contribution in [0.1, 0.15) is 12.8 Å². The molecule has 188 valence electrons. The fourth-order valence-electron chi connectivity index (χ4n) is 4.27. The first kappa shape index (κ1) is 26.0. The Kier molecular flexibility index (Phi) is 9.42. The van der Waals surface area contributed by atoms with Crippen molar-refractivity contribution in [2.75, 3.05) is 50.8 Å². The summed E-state index contributed by atoms with van der Waals surface area (Å²) in [5.41, 5.74) is 0.700. The van der Waals surface area contributed by atoms with E-state index in [1.807, 2.05) is 47.4 Å². The maximum absolute atomic E-state index is 14.0. The Hall–Kier alpha value is -3.66. The van der Waals surface area contributed by atoms with Crippen LogP contribution in [0.3, 0.4) is 0 Å². The Morgan fingerprint density at radius 2 is 1.40 bits per heavy atom. The van der Waals surface area contributed by atoms with Gasteiger partial charge in [0.1, 0.15) is 11.6 Å². The van der Waals surface area contributed by atoms with Crippen molar-refractivity contribution in [3.63, 3.8) is 0 Å². The molecule has 0 aromatic heterocycles. The lowest BCUT2D eigenvalue weighted by Crippen LogP contribution is -2.54. The number of rotatable bonds is 5. The number of halogens is 1. The van der Waals surface area contributed by atoms with E-state index in [0.29, 0.717) is 11.7 Å². The van der Waals surface area contributed by atoms with E-state index in [9.17, 15) is 9.18 Å². The molecule has 0 bridgehead atoms. The maximum Gasteiger partial charge on any atom is 0.414 e. The molecule has 2 aromatic rings. The standard InChI is InChI=1S/C23H28FN3O2.C2H2O4/c24-21-8-4-5-9-22(21)26-16-14-25(15-17-26)19-10-12-27(13-11-19)23(28)18-29-20-6-2-1-3-7-20;3-1(4)2(5)6/h1-9,19H,10-18H2;(H,3,4)(H,5,6). The molecule has 0 radical (unpaired) electrons. The number of amides is 1. The van der Waals surface area contributed by atoms with E-state index in [1.54, 1.807) is 6.07 Å². The van der Waals surface area contributed by atoms with Crippen molar-refractivity contribution in [3.8, 4) is 5.75 Å². The molecule has 2 aliphatic heterocycles. The third-order valence-corrected chi connectivity index (χ3v) is 6.13. The summed E-state index contributed by atoms with van der Waals surface area (Å²) in [7, 11) is 0. The second-order valence-electron chi connectivity index (χ2n) is 8.30. The molecule has 0 spiro atoms. The molecular formula is C25H30FN3O6. The molecule has 0 atom stereocenters. The van der Waals surface area contributed by atoms with E-state index in [4.69, 9.17) is 24.5 Å². The summed E-state index contributed by atoms with van der Waals surface area (Å²) < 4.78 is 19.6. The summed E-state index contributed by atoms with van der Waals surface area (Å²) in [6.45, 7) is 5.18. The first-order valence-electron chi connectivity index (χ1n) is 11.5. The van der Waals surface area contributed by atoms with Gasteiger partial charge in [-0.15, -0.1) is 0 Å². The SMILES string of the molecule is O=C(COc1ccccc1)N1CCC(N2CCN(c3ccccc3F)CC2)CC1.O=C(O)C(=O)O. The first-order valence-corrected chi connectivity index (χ1v) is 11.5. The number of anilines is 1. The quantitative estimate of drug-likeness (QED) is 0.618. The number of aliphatic carboxylic acids is 2. The Morgan fingerprint density at radius 1 is 0.829 bits per heavy atom. The van der Waals surface area contributed by atoms with Crippen molar-refractivity contribution in [1.29, 1.82) is 0 Å². The van der Waals surface area contributed by atoms with Crippen LogP contribution in [-0.2, 0) is 14.4 Å². The number of ether oxygens (including phenoxy) is 1. The predicted octanol–water partition coefficient (Wildman–Crippen LogP) is 2.17. The molecule has 9 nitrogen and oxygen atoms in total. The number of carbonyl (C=O) groups is 3. The molecule has 2 aromatic carbocycles. The number of hydrogen-bond acceptors (Lipinski definition) is 6. The molecule has 2 fully saturated rings. The van der Waals surface area contributed by atoms with Crippen LogP contribution in [0.4, 0.5) is 10.1 Å². The Morgan fingerprint density at radius 3 is 1.97 bits per heavy atom. The number of hydrogen-bond donors (Lipinski definition) is 2. The van der Waals surface area contributed by atoms with E-state index in [0.717, 1.165) is 57.9 Å². The van der Waals surface area contributed by atoms with Gasteiger partial charge in [0.15, 0.2) is 6.61 Å². The van der Waals surface area contributed by atoms with Gasteiger partial charge in [0.25, 0.3) is 5.91 Å². The summed E-state index contributed by atoms with van der Waals surface area (Å²) in [4.78, 5) is 37.2. The van der Waals surface area contributed by atoms with E-state index >= 15 is 0 Å². The van der Waals surface area contributed by atoms with Crippen LogP contribution in [0.2, 0.25) is 0 Å². The topological polar surface area (TPSA) is 111 Å². The smallest absolute Gasteiger partial charge is 0.414 e. The third kappa shape index (κ3) is 7.68. The number of para-hydroxylation sites is 2. The average Bonchev–Trinajstić information content (AvgIpc) is 2.89. The lowest BCUT2D eigenvalue weighted by atomic mass is 10.0. The van der Waals surface area contributed by atoms with Gasteiger partial charge < -0.3 is 24.7 Å². The predicted molar refractivity (Wildman–Crippen MR) is 127 cm³/mol. The molecule has 35 heavy (non-hydrogen) atoms. The van der Waals surface area contributed by atoms with Gasteiger partial charge in [0.2, 0.25) is 0 Å². The zero-order chi connectivity index (χ0) is 25.2. The van der Waals surface area contributed by atoms with Crippen molar-refractivity contribution in [1.82, 2.24) is 9.80 Å².